The normalized spacial score (nSPS) is 8.82. The lowest BCUT2D eigenvalue weighted by Crippen LogP contribution is -1.95. The van der Waals surface area contributed by atoms with Crippen molar-refractivity contribution in [2.24, 2.45) is 10.8 Å². The lowest BCUT2D eigenvalue weighted by Gasteiger charge is -1.93. The number of nitrogens with two attached hydrogens (primary N) is 1. The molecule has 2 N–H and O–H groups in total. The van der Waals surface area contributed by atoms with Crippen LogP contribution in [0.4, 0.5) is 5.82 Å². The molecule has 0 aliphatic heterocycles. The van der Waals surface area contributed by atoms with Crippen LogP contribution in [-0.2, 0) is 6.54 Å². The molecule has 0 aliphatic carbocycles. The van der Waals surface area contributed by atoms with Gasteiger partial charge in [-0.05, 0) is 22.3 Å². The molecule has 56 valence electrons. The molecule has 0 aromatic carbocycles. The quantitative estimate of drug-likeness (QED) is 0.392. The Kier molecular flexibility index (Phi) is 2.43. The van der Waals surface area contributed by atoms with E-state index in [1.165, 1.54) is 0 Å². The molecule has 1 rings (SSSR count). The summed E-state index contributed by atoms with van der Waals surface area (Å²) < 4.78 is 0. The average Bonchev–Trinajstić information content (AvgIpc) is 2.07. The van der Waals surface area contributed by atoms with E-state index in [4.69, 9.17) is 11.3 Å². The van der Waals surface area contributed by atoms with E-state index in [9.17, 15) is 0 Å². The van der Waals surface area contributed by atoms with Gasteiger partial charge in [-0.2, -0.15) is 0 Å². The Morgan fingerprint density at radius 3 is 2.91 bits per heavy atom. The first-order valence-electron chi connectivity index (χ1n) is 3.07. The Morgan fingerprint density at radius 1 is 1.64 bits per heavy atom. The molecule has 1 aromatic rings. The molecule has 1 aromatic heterocycles. The number of nitrogens with zero attached hydrogens (tertiary/aromatic N) is 4. The highest BCUT2D eigenvalue weighted by molar-refractivity contribution is 5.28. The predicted molar refractivity (Wildman–Crippen MR) is 40.9 cm³/mol. The van der Waals surface area contributed by atoms with Crippen molar-refractivity contribution in [2.75, 3.05) is 0 Å². The molecule has 0 bridgehead atoms. The van der Waals surface area contributed by atoms with Crippen molar-refractivity contribution in [1.82, 2.24) is 4.98 Å². The van der Waals surface area contributed by atoms with Crippen molar-refractivity contribution >= 4 is 5.82 Å². The molecule has 11 heavy (non-hydrogen) atoms. The van der Waals surface area contributed by atoms with Crippen molar-refractivity contribution in [3.63, 3.8) is 0 Å². The predicted octanol–water partition coefficient (Wildman–Crippen LogP) is 1.48. The van der Waals surface area contributed by atoms with Gasteiger partial charge in [0.1, 0.15) is 5.82 Å². The topological polar surface area (TPSA) is 87.7 Å². The minimum atomic E-state index is 0.365. The molecule has 0 atom stereocenters. The van der Waals surface area contributed by atoms with E-state index in [1.807, 2.05) is 0 Å². The van der Waals surface area contributed by atoms with Crippen LogP contribution in [-0.4, -0.2) is 4.98 Å². The summed E-state index contributed by atoms with van der Waals surface area (Å²) in [6.45, 7) is 0.448. The molecular weight excluding hydrogens is 142 g/mol. The zero-order valence-corrected chi connectivity index (χ0v) is 5.81. The maximum atomic E-state index is 8.04. The second-order valence-corrected chi connectivity index (χ2v) is 1.92. The fourth-order valence-electron chi connectivity index (χ4n) is 0.642. The summed E-state index contributed by atoms with van der Waals surface area (Å²) in [4.78, 5) is 6.43. The Labute approximate surface area is 63.5 Å². The highest BCUT2D eigenvalue weighted by atomic mass is 15.2. The van der Waals surface area contributed by atoms with E-state index in [2.05, 4.69) is 15.0 Å². The molecule has 0 aliphatic rings. The molecule has 0 fully saturated rings. The van der Waals surface area contributed by atoms with Crippen molar-refractivity contribution in [3.05, 3.63) is 34.3 Å². The van der Waals surface area contributed by atoms with Gasteiger partial charge in [-0.15, -0.1) is 0 Å². The first-order chi connectivity index (χ1) is 5.36. The highest BCUT2D eigenvalue weighted by Gasteiger charge is 1.89. The molecular formula is C6H7N5. The summed E-state index contributed by atoms with van der Waals surface area (Å²) in [5.41, 5.74) is 14.3. The van der Waals surface area contributed by atoms with Crippen LogP contribution in [0, 0.1) is 0 Å². The third-order valence-corrected chi connectivity index (χ3v) is 1.19. The van der Waals surface area contributed by atoms with Crippen LogP contribution < -0.4 is 5.73 Å². The van der Waals surface area contributed by atoms with Gasteiger partial charge in [0, 0.05) is 17.7 Å². The van der Waals surface area contributed by atoms with E-state index < -0.39 is 0 Å². The minimum Gasteiger partial charge on any atom is -0.326 e. The zero-order valence-electron chi connectivity index (χ0n) is 5.81. The fraction of sp³-hybridized carbons (Fsp3) is 0.167. The Morgan fingerprint density at radius 2 is 2.45 bits per heavy atom. The maximum absolute atomic E-state index is 8.04. The van der Waals surface area contributed by atoms with Crippen molar-refractivity contribution in [1.29, 1.82) is 0 Å². The molecule has 0 radical (unpaired) electrons. The number of pyridine rings is 1. The van der Waals surface area contributed by atoms with Gasteiger partial charge in [-0.25, -0.2) is 0 Å². The van der Waals surface area contributed by atoms with Gasteiger partial charge >= 0.3 is 0 Å². The van der Waals surface area contributed by atoms with Crippen LogP contribution in [0.1, 0.15) is 5.56 Å². The van der Waals surface area contributed by atoms with E-state index in [0.717, 1.165) is 5.56 Å². The molecule has 0 saturated heterocycles. The van der Waals surface area contributed by atoms with Crippen LogP contribution in [0.25, 0.3) is 10.4 Å². The lowest BCUT2D eigenvalue weighted by molar-refractivity contribution is 1.04. The van der Waals surface area contributed by atoms with Crippen molar-refractivity contribution in [2.45, 2.75) is 6.54 Å². The summed E-state index contributed by atoms with van der Waals surface area (Å²) >= 11 is 0. The van der Waals surface area contributed by atoms with Crippen LogP contribution in [0.15, 0.2) is 23.4 Å². The number of rotatable bonds is 2. The standard InChI is InChI=1S/C6H7N5/c7-3-5-1-2-6(9-4-5)10-11-8/h1-2,4H,3,7H2. The molecule has 5 heteroatoms. The van der Waals surface area contributed by atoms with Gasteiger partial charge in [-0.1, -0.05) is 6.07 Å². The van der Waals surface area contributed by atoms with Crippen LogP contribution in [0.2, 0.25) is 0 Å². The minimum absolute atomic E-state index is 0.365. The molecule has 5 nitrogen and oxygen atoms in total. The smallest absolute Gasteiger partial charge is 0.126 e. The Balaban J connectivity index is 2.91. The van der Waals surface area contributed by atoms with Gasteiger partial charge in [0.25, 0.3) is 0 Å². The molecule has 0 amide bonds. The van der Waals surface area contributed by atoms with Gasteiger partial charge in [-0.3, -0.25) is 4.98 Å². The summed E-state index contributed by atoms with van der Waals surface area (Å²) in [6.07, 6.45) is 1.59. The SMILES string of the molecule is [N-]=[N+]=Nc1ccc(CN)cn1. The number of azide groups is 1. The van der Waals surface area contributed by atoms with E-state index >= 15 is 0 Å². The fourth-order valence-corrected chi connectivity index (χ4v) is 0.642. The maximum Gasteiger partial charge on any atom is 0.126 e. The van der Waals surface area contributed by atoms with Gasteiger partial charge in [0.05, 0.1) is 0 Å². The summed E-state index contributed by atoms with van der Waals surface area (Å²) in [7, 11) is 0. The third kappa shape index (κ3) is 1.93. The average molecular weight is 149 g/mol. The molecule has 0 saturated carbocycles. The monoisotopic (exact) mass is 149 g/mol. The second kappa shape index (κ2) is 3.55. The summed E-state index contributed by atoms with van der Waals surface area (Å²) in [5.74, 6) is 0.365. The largest absolute Gasteiger partial charge is 0.326 e. The summed E-state index contributed by atoms with van der Waals surface area (Å²) in [5, 5.41) is 3.31. The molecule has 1 heterocycles. The second-order valence-electron chi connectivity index (χ2n) is 1.92. The molecule has 0 spiro atoms. The van der Waals surface area contributed by atoms with E-state index in [-0.39, 0.29) is 0 Å². The highest BCUT2D eigenvalue weighted by Crippen LogP contribution is 2.07. The first-order valence-corrected chi connectivity index (χ1v) is 3.07. The van der Waals surface area contributed by atoms with Crippen molar-refractivity contribution in [3.8, 4) is 0 Å². The van der Waals surface area contributed by atoms with E-state index in [0.29, 0.717) is 12.4 Å². The Bertz CT molecular complexity index is 272. The zero-order chi connectivity index (χ0) is 8.10. The van der Waals surface area contributed by atoms with Gasteiger partial charge in [0.15, 0.2) is 0 Å². The number of hydrogen-bond donors (Lipinski definition) is 1. The number of aromatic nitrogens is 1. The van der Waals surface area contributed by atoms with Gasteiger partial charge < -0.3 is 5.73 Å². The van der Waals surface area contributed by atoms with Crippen molar-refractivity contribution < 1.29 is 0 Å². The lowest BCUT2D eigenvalue weighted by atomic mass is 10.3. The first kappa shape index (κ1) is 7.53. The summed E-state index contributed by atoms with van der Waals surface area (Å²) in [6, 6.07) is 3.40. The Hall–Kier alpha value is -1.58. The molecule has 0 unspecified atom stereocenters. The van der Waals surface area contributed by atoms with E-state index in [1.54, 1.807) is 18.3 Å². The van der Waals surface area contributed by atoms with Gasteiger partial charge in [0.2, 0.25) is 0 Å². The van der Waals surface area contributed by atoms with Crippen LogP contribution >= 0.6 is 0 Å². The third-order valence-electron chi connectivity index (χ3n) is 1.19. The van der Waals surface area contributed by atoms with Crippen LogP contribution in [0.3, 0.4) is 0 Å². The number of hydrogen-bond acceptors (Lipinski definition) is 3. The van der Waals surface area contributed by atoms with Crippen LogP contribution in [0.5, 0.6) is 0 Å².